The van der Waals surface area contributed by atoms with Crippen LogP contribution in [0.15, 0.2) is 43.1 Å². The summed E-state index contributed by atoms with van der Waals surface area (Å²) in [7, 11) is 0. The van der Waals surface area contributed by atoms with Crippen molar-refractivity contribution >= 4 is 5.82 Å². The molecule has 2 fully saturated rings. The van der Waals surface area contributed by atoms with Crippen molar-refractivity contribution in [3.8, 4) is 5.75 Å². The number of nitrogens with zero attached hydrogens (tertiary/aromatic N) is 4. The molecule has 0 aromatic carbocycles. The lowest BCUT2D eigenvalue weighted by atomic mass is 9.98. The van der Waals surface area contributed by atoms with E-state index in [0.29, 0.717) is 6.61 Å². The Morgan fingerprint density at radius 1 is 1.23 bits per heavy atom. The van der Waals surface area contributed by atoms with Crippen LogP contribution in [-0.4, -0.2) is 46.4 Å². The fourth-order valence-corrected chi connectivity index (χ4v) is 3.27. The average molecular weight is 298 g/mol. The van der Waals surface area contributed by atoms with Crippen LogP contribution in [0.1, 0.15) is 12.8 Å². The molecular formula is C16H18N4O2. The van der Waals surface area contributed by atoms with E-state index < -0.39 is 0 Å². The summed E-state index contributed by atoms with van der Waals surface area (Å²) in [6.07, 6.45) is 10.7. The first-order valence-electron chi connectivity index (χ1n) is 7.55. The zero-order valence-corrected chi connectivity index (χ0v) is 12.3. The number of rotatable bonds is 3. The molecule has 1 spiro atoms. The summed E-state index contributed by atoms with van der Waals surface area (Å²) in [5.74, 6) is 1.72. The number of aromatic nitrogens is 3. The van der Waals surface area contributed by atoms with Gasteiger partial charge in [-0.2, -0.15) is 0 Å². The van der Waals surface area contributed by atoms with Gasteiger partial charge in [0.05, 0.1) is 24.6 Å². The normalized spacial score (nSPS) is 27.5. The van der Waals surface area contributed by atoms with E-state index in [1.807, 2.05) is 12.1 Å². The summed E-state index contributed by atoms with van der Waals surface area (Å²) in [6, 6.07) is 3.81. The smallest absolute Gasteiger partial charge is 0.147 e. The van der Waals surface area contributed by atoms with E-state index in [1.165, 1.54) is 0 Å². The molecule has 0 aliphatic carbocycles. The molecule has 114 valence electrons. The van der Waals surface area contributed by atoms with Gasteiger partial charge in [0, 0.05) is 38.1 Å². The minimum atomic E-state index is -0.121. The number of hydrogen-bond donors (Lipinski definition) is 0. The van der Waals surface area contributed by atoms with Gasteiger partial charge in [0.15, 0.2) is 0 Å². The molecule has 0 amide bonds. The van der Waals surface area contributed by atoms with Gasteiger partial charge in [-0.3, -0.25) is 9.97 Å². The van der Waals surface area contributed by atoms with Crippen LogP contribution in [0.2, 0.25) is 0 Å². The lowest BCUT2D eigenvalue weighted by Gasteiger charge is -2.23. The Morgan fingerprint density at radius 2 is 2.18 bits per heavy atom. The summed E-state index contributed by atoms with van der Waals surface area (Å²) in [5, 5.41) is 0. The van der Waals surface area contributed by atoms with E-state index >= 15 is 0 Å². The fraction of sp³-hybridized carbons (Fsp3) is 0.438. The second kappa shape index (κ2) is 5.53. The van der Waals surface area contributed by atoms with Gasteiger partial charge in [-0.25, -0.2) is 4.98 Å². The van der Waals surface area contributed by atoms with Crippen molar-refractivity contribution in [2.75, 3.05) is 24.6 Å². The minimum Gasteiger partial charge on any atom is -0.486 e. The molecule has 2 unspecified atom stereocenters. The molecule has 2 saturated heterocycles. The predicted octanol–water partition coefficient (Wildman–Crippen LogP) is 1.69. The largest absolute Gasteiger partial charge is 0.486 e. The Balaban J connectivity index is 1.40. The van der Waals surface area contributed by atoms with E-state index in [1.54, 1.807) is 31.0 Å². The van der Waals surface area contributed by atoms with Gasteiger partial charge in [-0.15, -0.1) is 0 Å². The molecule has 4 rings (SSSR count). The van der Waals surface area contributed by atoms with Gasteiger partial charge in [0.1, 0.15) is 17.7 Å². The van der Waals surface area contributed by atoms with E-state index in [9.17, 15) is 0 Å². The minimum absolute atomic E-state index is 0.0889. The van der Waals surface area contributed by atoms with Crippen molar-refractivity contribution in [3.05, 3.63) is 43.1 Å². The van der Waals surface area contributed by atoms with Gasteiger partial charge in [0.2, 0.25) is 0 Å². The summed E-state index contributed by atoms with van der Waals surface area (Å²) in [4.78, 5) is 14.8. The molecule has 0 radical (unpaired) electrons. The third-order valence-electron chi connectivity index (χ3n) is 4.30. The third kappa shape index (κ3) is 2.62. The van der Waals surface area contributed by atoms with Gasteiger partial charge < -0.3 is 14.4 Å². The van der Waals surface area contributed by atoms with E-state index in [4.69, 9.17) is 9.47 Å². The highest BCUT2D eigenvalue weighted by atomic mass is 16.6. The predicted molar refractivity (Wildman–Crippen MR) is 80.8 cm³/mol. The quantitative estimate of drug-likeness (QED) is 0.859. The Bertz CT molecular complexity index is 625. The zero-order chi connectivity index (χ0) is 14.8. The van der Waals surface area contributed by atoms with E-state index in [2.05, 4.69) is 19.9 Å². The lowest BCUT2D eigenvalue weighted by Crippen LogP contribution is -2.33. The van der Waals surface area contributed by atoms with Crippen molar-refractivity contribution in [2.45, 2.75) is 24.5 Å². The summed E-state index contributed by atoms with van der Waals surface area (Å²) in [6.45, 7) is 2.42. The number of ether oxygens (including phenoxy) is 2. The average Bonchev–Trinajstić information content (AvgIpc) is 3.17. The molecule has 2 aliphatic heterocycles. The second-order valence-corrected chi connectivity index (χ2v) is 5.86. The Morgan fingerprint density at radius 3 is 3.00 bits per heavy atom. The fourth-order valence-electron chi connectivity index (χ4n) is 3.27. The highest BCUT2D eigenvalue weighted by Gasteiger charge is 2.46. The second-order valence-electron chi connectivity index (χ2n) is 5.86. The van der Waals surface area contributed by atoms with Gasteiger partial charge in [-0.05, 0) is 18.6 Å². The molecule has 4 heterocycles. The van der Waals surface area contributed by atoms with Crippen LogP contribution in [0.25, 0.3) is 0 Å². The SMILES string of the molecule is c1cncc(OC2COC3(CCN(c4cnccn4)C3)C2)c1. The molecule has 6 heteroatoms. The highest BCUT2D eigenvalue weighted by molar-refractivity contribution is 5.38. The van der Waals surface area contributed by atoms with Crippen LogP contribution in [-0.2, 0) is 4.74 Å². The van der Waals surface area contributed by atoms with Gasteiger partial charge >= 0.3 is 0 Å². The Hall–Kier alpha value is -2.21. The molecule has 0 N–H and O–H groups in total. The number of anilines is 1. The summed E-state index contributed by atoms with van der Waals surface area (Å²) >= 11 is 0. The molecular weight excluding hydrogens is 280 g/mol. The first-order chi connectivity index (χ1) is 10.8. The zero-order valence-electron chi connectivity index (χ0n) is 12.3. The number of pyridine rings is 1. The van der Waals surface area contributed by atoms with Crippen molar-refractivity contribution in [2.24, 2.45) is 0 Å². The summed E-state index contributed by atoms with van der Waals surface area (Å²) in [5.41, 5.74) is -0.121. The van der Waals surface area contributed by atoms with Crippen LogP contribution in [0, 0.1) is 0 Å². The standard InChI is InChI=1S/C16H18N4O2/c1-2-13(9-17-4-1)22-14-8-16(21-11-14)3-7-20(12-16)15-10-18-5-6-19-15/h1-2,4-6,9-10,14H,3,7-8,11-12H2. The molecule has 2 aromatic heterocycles. The maximum Gasteiger partial charge on any atom is 0.147 e. The first kappa shape index (κ1) is 13.5. The molecule has 0 bridgehead atoms. The number of hydrogen-bond acceptors (Lipinski definition) is 6. The Labute approximate surface area is 129 Å². The molecule has 2 aliphatic rings. The third-order valence-corrected chi connectivity index (χ3v) is 4.30. The first-order valence-corrected chi connectivity index (χ1v) is 7.55. The molecule has 2 aromatic rings. The monoisotopic (exact) mass is 298 g/mol. The van der Waals surface area contributed by atoms with Crippen LogP contribution in [0.4, 0.5) is 5.82 Å². The van der Waals surface area contributed by atoms with Crippen molar-refractivity contribution in [3.63, 3.8) is 0 Å². The van der Waals surface area contributed by atoms with Crippen molar-refractivity contribution < 1.29 is 9.47 Å². The van der Waals surface area contributed by atoms with Crippen LogP contribution >= 0.6 is 0 Å². The van der Waals surface area contributed by atoms with Crippen LogP contribution < -0.4 is 9.64 Å². The Kier molecular flexibility index (Phi) is 3.38. The summed E-state index contributed by atoms with van der Waals surface area (Å²) < 4.78 is 12.1. The molecule has 6 nitrogen and oxygen atoms in total. The van der Waals surface area contributed by atoms with E-state index in [-0.39, 0.29) is 11.7 Å². The maximum absolute atomic E-state index is 6.10. The highest BCUT2D eigenvalue weighted by Crippen LogP contribution is 2.37. The van der Waals surface area contributed by atoms with E-state index in [0.717, 1.165) is 37.5 Å². The van der Waals surface area contributed by atoms with Gasteiger partial charge in [0.25, 0.3) is 0 Å². The van der Waals surface area contributed by atoms with Gasteiger partial charge in [-0.1, -0.05) is 0 Å². The van der Waals surface area contributed by atoms with Crippen molar-refractivity contribution in [1.82, 2.24) is 15.0 Å². The molecule has 0 saturated carbocycles. The van der Waals surface area contributed by atoms with Crippen molar-refractivity contribution in [1.29, 1.82) is 0 Å². The maximum atomic E-state index is 6.10. The van der Waals surface area contributed by atoms with Crippen LogP contribution in [0.5, 0.6) is 5.75 Å². The molecule has 22 heavy (non-hydrogen) atoms. The lowest BCUT2D eigenvalue weighted by molar-refractivity contribution is 0.0195. The molecule has 2 atom stereocenters. The topological polar surface area (TPSA) is 60.4 Å². The van der Waals surface area contributed by atoms with Crippen LogP contribution in [0.3, 0.4) is 0 Å².